The molecule has 0 saturated carbocycles. The normalized spacial score (nSPS) is 20.6. The Morgan fingerprint density at radius 3 is 2.20 bits per heavy atom. The summed E-state index contributed by atoms with van der Waals surface area (Å²) < 4.78 is 92.5. The minimum atomic E-state index is -5.04. The zero-order valence-corrected chi connectivity index (χ0v) is 26.6. The molecular weight excluding hydrogens is 616 g/mol. The van der Waals surface area contributed by atoms with E-state index in [1.165, 1.54) is 18.9 Å². The molecule has 1 saturated heterocycles. The number of halogens is 6. The molecule has 12 heteroatoms. The summed E-state index contributed by atoms with van der Waals surface area (Å²) in [4.78, 5) is 26.1. The van der Waals surface area contributed by atoms with Crippen LogP contribution in [0.5, 0.6) is 5.75 Å². The molecule has 6 nitrogen and oxygen atoms in total. The van der Waals surface area contributed by atoms with Gasteiger partial charge in [0.2, 0.25) is 0 Å². The zero-order valence-electron chi connectivity index (χ0n) is 26.6. The maximum absolute atomic E-state index is 13.6. The number of nitrogens with zero attached hydrogens (tertiary/aromatic N) is 1. The fourth-order valence-corrected chi connectivity index (χ4v) is 6.10. The Balaban J connectivity index is 1.71. The first kappa shape index (κ1) is 35.2. The summed E-state index contributed by atoms with van der Waals surface area (Å²) in [5.74, 6) is -0.570. The average Bonchev–Trinajstić information content (AvgIpc) is 3.23. The molecule has 1 amide bonds. The first-order chi connectivity index (χ1) is 21.1. The lowest BCUT2D eigenvalue weighted by atomic mass is 9.72. The third-order valence-electron chi connectivity index (χ3n) is 9.04. The van der Waals surface area contributed by atoms with Crippen LogP contribution in [0.4, 0.5) is 31.1 Å². The van der Waals surface area contributed by atoms with Crippen LogP contribution in [0.3, 0.4) is 0 Å². The first-order valence-corrected chi connectivity index (χ1v) is 15.0. The van der Waals surface area contributed by atoms with Crippen molar-refractivity contribution in [3.8, 4) is 5.75 Å². The van der Waals surface area contributed by atoms with Crippen molar-refractivity contribution >= 4 is 17.6 Å². The van der Waals surface area contributed by atoms with Crippen LogP contribution in [0.1, 0.15) is 94.2 Å². The van der Waals surface area contributed by atoms with E-state index in [0.29, 0.717) is 43.6 Å². The molecule has 0 N–H and O–H groups in total. The topological polar surface area (TPSA) is 78.9 Å². The summed E-state index contributed by atoms with van der Waals surface area (Å²) in [7, 11) is 1.53. The summed E-state index contributed by atoms with van der Waals surface area (Å²) in [6.45, 7) is 8.94. The zero-order chi connectivity index (χ0) is 34.4. The van der Waals surface area contributed by atoms with Gasteiger partial charge in [-0.2, -0.15) is 26.3 Å². The van der Waals surface area contributed by atoms with Crippen molar-refractivity contribution in [2.75, 3.05) is 13.7 Å². The second-order valence-electron chi connectivity index (χ2n) is 13.6. The molecule has 1 aliphatic carbocycles. The van der Waals surface area contributed by atoms with Gasteiger partial charge in [-0.3, -0.25) is 4.90 Å². The van der Waals surface area contributed by atoms with Crippen molar-refractivity contribution in [2.24, 2.45) is 10.8 Å². The highest BCUT2D eigenvalue weighted by molar-refractivity contribution is 5.77. The number of alkyl halides is 6. The average molecular weight is 655 g/mol. The second kappa shape index (κ2) is 12.5. The Labute approximate surface area is 264 Å². The molecule has 0 aromatic heterocycles. The van der Waals surface area contributed by atoms with Gasteiger partial charge in [0.1, 0.15) is 11.9 Å². The fraction of sp³-hybridized carbons (Fsp3) is 0.529. The van der Waals surface area contributed by atoms with Gasteiger partial charge in [0.05, 0.1) is 24.3 Å². The number of carboxylic acid groups (broad SMARTS) is 1. The summed E-state index contributed by atoms with van der Waals surface area (Å²) in [6.07, 6.45) is -9.49. The van der Waals surface area contributed by atoms with E-state index in [2.05, 4.69) is 13.8 Å². The Morgan fingerprint density at radius 2 is 1.65 bits per heavy atom. The van der Waals surface area contributed by atoms with Gasteiger partial charge in [-0.25, -0.2) is 4.79 Å². The summed E-state index contributed by atoms with van der Waals surface area (Å²) in [5.41, 5.74) is -1.11. The molecule has 0 unspecified atom stereocenters. The maximum atomic E-state index is 13.6. The number of cyclic esters (lactones) is 1. The number of carboxylic acids is 1. The fourth-order valence-electron chi connectivity index (χ4n) is 6.10. The molecule has 1 aliphatic heterocycles. The molecule has 2 atom stereocenters. The number of hydrogen-bond acceptors (Lipinski definition) is 5. The minimum absolute atomic E-state index is 0.0466. The lowest BCUT2D eigenvalue weighted by molar-refractivity contribution is -0.317. The number of rotatable bonds is 9. The van der Waals surface area contributed by atoms with E-state index < -0.39 is 58.7 Å². The van der Waals surface area contributed by atoms with Crippen molar-refractivity contribution < 1.29 is 50.5 Å². The molecule has 0 bridgehead atoms. The van der Waals surface area contributed by atoms with Crippen molar-refractivity contribution in [1.82, 2.24) is 4.90 Å². The number of allylic oxidation sites excluding steroid dienone is 1. The Kier molecular flexibility index (Phi) is 9.54. The van der Waals surface area contributed by atoms with Crippen LogP contribution in [0.15, 0.2) is 42.0 Å². The van der Waals surface area contributed by atoms with Crippen molar-refractivity contribution in [2.45, 2.75) is 91.2 Å². The van der Waals surface area contributed by atoms with E-state index in [1.54, 1.807) is 19.9 Å². The number of carbonyl (C=O) groups is 2. The number of hydrogen-bond donors (Lipinski definition) is 0. The van der Waals surface area contributed by atoms with Gasteiger partial charge < -0.3 is 19.4 Å². The van der Waals surface area contributed by atoms with E-state index in [4.69, 9.17) is 9.47 Å². The number of benzene rings is 2. The van der Waals surface area contributed by atoms with Crippen molar-refractivity contribution in [3.05, 3.63) is 69.8 Å². The number of aliphatic carboxylic acids is 1. The number of aryl methyl sites for hydroxylation is 1. The van der Waals surface area contributed by atoms with E-state index in [0.717, 1.165) is 28.7 Å². The second-order valence-corrected chi connectivity index (χ2v) is 13.6. The molecule has 0 spiro atoms. The van der Waals surface area contributed by atoms with E-state index in [9.17, 15) is 41.0 Å². The highest BCUT2D eigenvalue weighted by atomic mass is 19.4. The minimum Gasteiger partial charge on any atom is -0.550 e. The van der Waals surface area contributed by atoms with Gasteiger partial charge in [-0.15, -0.1) is 0 Å². The van der Waals surface area contributed by atoms with E-state index in [-0.39, 0.29) is 18.0 Å². The van der Waals surface area contributed by atoms with Crippen molar-refractivity contribution in [3.63, 3.8) is 0 Å². The van der Waals surface area contributed by atoms with Crippen LogP contribution in [-0.2, 0) is 28.3 Å². The van der Waals surface area contributed by atoms with Crippen LogP contribution in [0, 0.1) is 10.8 Å². The smallest absolute Gasteiger partial charge is 0.416 e. The Morgan fingerprint density at radius 1 is 1.04 bits per heavy atom. The molecule has 1 heterocycles. The van der Waals surface area contributed by atoms with Gasteiger partial charge in [0.25, 0.3) is 0 Å². The number of carbonyl (C=O) groups excluding carboxylic acids is 2. The first-order valence-electron chi connectivity index (χ1n) is 15.0. The largest absolute Gasteiger partial charge is 0.550 e. The number of methoxy groups -OCH3 is 1. The number of amides is 1. The number of ether oxygens (including phenoxy) is 2. The van der Waals surface area contributed by atoms with Crippen LogP contribution in [0.25, 0.3) is 5.57 Å². The monoisotopic (exact) mass is 654 g/mol. The molecule has 2 aromatic carbocycles. The molecule has 4 rings (SSSR count). The predicted octanol–water partition coefficient (Wildman–Crippen LogP) is 7.99. The lowest BCUT2D eigenvalue weighted by Gasteiger charge is -2.36. The van der Waals surface area contributed by atoms with Crippen LogP contribution in [-0.4, -0.2) is 36.7 Å². The molecule has 46 heavy (non-hydrogen) atoms. The van der Waals surface area contributed by atoms with Crippen molar-refractivity contribution in [1.29, 1.82) is 0 Å². The molecule has 2 aromatic rings. The summed E-state index contributed by atoms with van der Waals surface area (Å²) in [5, 5.41) is 11.5. The lowest BCUT2D eigenvalue weighted by Crippen LogP contribution is -2.38. The molecule has 2 aliphatic rings. The van der Waals surface area contributed by atoms with Crippen LogP contribution >= 0.6 is 0 Å². The van der Waals surface area contributed by atoms with Gasteiger partial charge in [0.15, 0.2) is 0 Å². The van der Waals surface area contributed by atoms with Gasteiger partial charge in [-0.1, -0.05) is 33.8 Å². The molecule has 0 radical (unpaired) electrons. The maximum Gasteiger partial charge on any atom is 0.416 e. The standard InChI is InChI=1S/C34H39F6NO5/c1-19-28(21-14-23(33(35,36)37)16-24(15-21)34(38,39)40)46-30(44)41(19)18-22-17-31(2,3)11-10-25(22)26-13-20(7-8-27(26)45-6)9-12-32(4,5)29(42)43/h7-8,13-16,19,28H,9-12,17-18H2,1-6H3,(H,42,43)/p-1/t19-,28-/m0/s1. The van der Waals surface area contributed by atoms with Crippen LogP contribution in [0.2, 0.25) is 0 Å². The van der Waals surface area contributed by atoms with E-state index >= 15 is 0 Å². The van der Waals surface area contributed by atoms with E-state index in [1.807, 2.05) is 12.1 Å². The van der Waals surface area contributed by atoms with Crippen LogP contribution < -0.4 is 9.84 Å². The third kappa shape index (κ3) is 7.63. The van der Waals surface area contributed by atoms with Gasteiger partial charge in [-0.05, 0) is 97.0 Å². The Hall–Kier alpha value is -3.70. The highest BCUT2D eigenvalue weighted by Crippen LogP contribution is 2.47. The van der Waals surface area contributed by atoms with Gasteiger partial charge >= 0.3 is 18.4 Å². The Bertz CT molecular complexity index is 1490. The highest BCUT2D eigenvalue weighted by Gasteiger charge is 2.44. The molecule has 252 valence electrons. The molecule has 1 fully saturated rings. The summed E-state index contributed by atoms with van der Waals surface area (Å²) >= 11 is 0. The molecular formula is C34H38F6NO5-. The predicted molar refractivity (Wildman–Crippen MR) is 156 cm³/mol. The third-order valence-corrected chi connectivity index (χ3v) is 9.04. The van der Waals surface area contributed by atoms with Gasteiger partial charge in [0, 0.05) is 23.5 Å². The summed E-state index contributed by atoms with van der Waals surface area (Å²) in [6, 6.07) is 5.96. The quantitative estimate of drug-likeness (QED) is 0.256. The SMILES string of the molecule is COc1ccc(CCC(C)(C)C(=O)[O-])cc1C1=C(CN2C(=O)O[C@H](c3cc(C(F)(F)F)cc(C(F)(F)F)c3)[C@@H]2C)CC(C)(C)CC1.